The fourth-order valence-corrected chi connectivity index (χ4v) is 5.43. The average molecular weight is 514 g/mol. The third kappa shape index (κ3) is 5.69. The van der Waals surface area contributed by atoms with Gasteiger partial charge in [-0.05, 0) is 31.3 Å². The van der Waals surface area contributed by atoms with Gasteiger partial charge in [0.2, 0.25) is 12.3 Å². The van der Waals surface area contributed by atoms with Gasteiger partial charge in [0.25, 0.3) is 12.3 Å². The lowest BCUT2D eigenvalue weighted by Crippen LogP contribution is -2.30. The lowest BCUT2D eigenvalue weighted by atomic mass is 9.83. The molecule has 3 aromatic heterocycles. The summed E-state index contributed by atoms with van der Waals surface area (Å²) >= 11 is 7.92. The van der Waals surface area contributed by atoms with E-state index in [0.717, 1.165) is 46.8 Å². The molecule has 3 aromatic rings. The van der Waals surface area contributed by atoms with Crippen molar-refractivity contribution in [1.82, 2.24) is 19.5 Å². The molecule has 0 aromatic carbocycles. The van der Waals surface area contributed by atoms with E-state index in [1.165, 1.54) is 12.3 Å². The Labute approximate surface area is 205 Å². The van der Waals surface area contributed by atoms with E-state index in [4.69, 9.17) is 30.9 Å². The topological polar surface area (TPSA) is 105 Å². The Kier molecular flexibility index (Phi) is 8.53. The fraction of sp³-hybridized carbons (Fsp3) is 0.455. The van der Waals surface area contributed by atoms with E-state index in [2.05, 4.69) is 27.2 Å². The molecule has 2 N–H and O–H groups in total. The first-order valence-electron chi connectivity index (χ1n) is 10.5. The highest BCUT2D eigenvalue weighted by Gasteiger charge is 2.34. The van der Waals surface area contributed by atoms with Crippen molar-refractivity contribution >= 4 is 40.8 Å². The maximum atomic E-state index is 12.6. The Hall–Kier alpha value is -2.66. The van der Waals surface area contributed by atoms with Crippen molar-refractivity contribution in [3.8, 4) is 17.5 Å². The molecule has 0 bridgehead atoms. The fourth-order valence-electron chi connectivity index (χ4n) is 3.89. The first-order valence-corrected chi connectivity index (χ1v) is 12.0. The molecule has 8 nitrogen and oxygen atoms in total. The van der Waals surface area contributed by atoms with Crippen molar-refractivity contribution in [2.75, 3.05) is 18.1 Å². The lowest BCUT2D eigenvalue weighted by Gasteiger charge is -2.32. The van der Waals surface area contributed by atoms with Crippen LogP contribution < -0.4 is 15.2 Å². The molecule has 0 unspecified atom stereocenters. The largest absolute Gasteiger partial charge is 0.482 e. The average Bonchev–Trinajstić information content (AvgIpc) is 3.14. The monoisotopic (exact) mass is 513 g/mol. The summed E-state index contributed by atoms with van der Waals surface area (Å²) in [5, 5.41) is 0.256. The van der Waals surface area contributed by atoms with Crippen molar-refractivity contribution in [2.24, 2.45) is 12.8 Å². The molecule has 0 saturated carbocycles. The van der Waals surface area contributed by atoms with Crippen LogP contribution in [0.1, 0.15) is 31.2 Å². The van der Waals surface area contributed by atoms with Crippen molar-refractivity contribution in [3.05, 3.63) is 34.9 Å². The van der Waals surface area contributed by atoms with Crippen LogP contribution in [0.3, 0.4) is 0 Å². The summed E-state index contributed by atoms with van der Waals surface area (Å²) in [5.41, 5.74) is 6.67. The molecule has 0 aliphatic carbocycles. The zero-order valence-corrected chi connectivity index (χ0v) is 20.6. The molecule has 0 radical (unpaired) electrons. The molecule has 12 heteroatoms. The van der Waals surface area contributed by atoms with Gasteiger partial charge in [0.1, 0.15) is 17.9 Å². The first-order chi connectivity index (χ1) is 16.2. The van der Waals surface area contributed by atoms with Crippen LogP contribution >= 0.6 is 23.4 Å². The van der Waals surface area contributed by atoms with Gasteiger partial charge >= 0.3 is 0 Å². The quantitative estimate of drug-likeness (QED) is 0.478. The number of carbonyl (C=O) groups is 1. The summed E-state index contributed by atoms with van der Waals surface area (Å²) in [6.07, 6.45) is 2.80. The van der Waals surface area contributed by atoms with Gasteiger partial charge < -0.3 is 19.8 Å². The number of nitrogens with zero attached hydrogens (tertiary/aromatic N) is 4. The van der Waals surface area contributed by atoms with Gasteiger partial charge in [-0.15, -0.1) is 0 Å². The lowest BCUT2D eigenvalue weighted by molar-refractivity contribution is -0.106. The summed E-state index contributed by atoms with van der Waals surface area (Å²) in [4.78, 5) is 22.0. The standard InChI is InChI=1S/C21H23ClF2N4O2S.CH3NO/c1-12-17-14(27-20(28(17)3)21(2)4-6-31-7-5-21)10-26-18(12)30-19-15(29-11-16(23)24)8-13(22)9-25-19;2-1-3/h8-10,16H,4-7,11H2,1-3H3;1H,(H2,2,3). The number of aromatic nitrogens is 4. The molecule has 1 fully saturated rings. The Morgan fingerprint density at radius 2 is 1.94 bits per heavy atom. The van der Waals surface area contributed by atoms with Gasteiger partial charge in [-0.25, -0.2) is 23.7 Å². The van der Waals surface area contributed by atoms with Crippen LogP contribution in [-0.4, -0.2) is 50.5 Å². The number of halogens is 3. The number of ether oxygens (including phenoxy) is 2. The van der Waals surface area contributed by atoms with Crippen molar-refractivity contribution in [1.29, 1.82) is 0 Å². The smallest absolute Gasteiger partial charge is 0.272 e. The van der Waals surface area contributed by atoms with E-state index >= 15 is 0 Å². The number of alkyl halides is 2. The van der Waals surface area contributed by atoms with E-state index in [9.17, 15) is 8.78 Å². The molecular formula is C22H26ClF2N5O3S. The molecule has 1 amide bonds. The van der Waals surface area contributed by atoms with Gasteiger partial charge in [0.15, 0.2) is 5.75 Å². The zero-order chi connectivity index (χ0) is 24.9. The molecule has 34 heavy (non-hydrogen) atoms. The van der Waals surface area contributed by atoms with Crippen molar-refractivity contribution in [3.63, 3.8) is 0 Å². The Morgan fingerprint density at radius 3 is 2.59 bits per heavy atom. The second-order valence-electron chi connectivity index (χ2n) is 7.99. The van der Waals surface area contributed by atoms with Crippen molar-refractivity contribution in [2.45, 2.75) is 38.5 Å². The van der Waals surface area contributed by atoms with E-state index in [-0.39, 0.29) is 28.5 Å². The number of hydrogen-bond donors (Lipinski definition) is 1. The van der Waals surface area contributed by atoms with Crippen LogP contribution in [0, 0.1) is 6.92 Å². The van der Waals surface area contributed by atoms with Gasteiger partial charge in [-0.1, -0.05) is 18.5 Å². The number of rotatable bonds is 6. The number of carbonyl (C=O) groups excluding carboxylic acids is 1. The van der Waals surface area contributed by atoms with Gasteiger partial charge in [-0.3, -0.25) is 4.79 Å². The van der Waals surface area contributed by atoms with Crippen LogP contribution in [0.4, 0.5) is 8.78 Å². The Bertz CT molecular complexity index is 1160. The summed E-state index contributed by atoms with van der Waals surface area (Å²) in [6.45, 7) is 3.37. The summed E-state index contributed by atoms with van der Waals surface area (Å²) < 4.78 is 38.3. The first kappa shape index (κ1) is 26.0. The molecule has 0 atom stereocenters. The molecule has 0 spiro atoms. The van der Waals surface area contributed by atoms with Gasteiger partial charge in [0.05, 0.1) is 16.7 Å². The van der Waals surface area contributed by atoms with Crippen LogP contribution in [0.25, 0.3) is 11.0 Å². The maximum Gasteiger partial charge on any atom is 0.272 e. The Morgan fingerprint density at radius 1 is 1.29 bits per heavy atom. The number of primary amides is 1. The second kappa shape index (κ2) is 11.2. The molecular weight excluding hydrogens is 488 g/mol. The Balaban J connectivity index is 0.00000103. The SMILES string of the molecule is Cc1c(Oc2ncc(Cl)cc2OCC(F)F)ncc2nc(C3(C)CCSCC3)n(C)c12.NC=O. The molecule has 4 rings (SSSR count). The van der Waals surface area contributed by atoms with E-state index in [1.54, 1.807) is 6.20 Å². The molecule has 1 saturated heterocycles. The third-order valence-corrected chi connectivity index (χ3v) is 6.77. The highest BCUT2D eigenvalue weighted by Crippen LogP contribution is 2.40. The van der Waals surface area contributed by atoms with Gasteiger partial charge in [0, 0.05) is 30.3 Å². The van der Waals surface area contributed by atoms with Crippen molar-refractivity contribution < 1.29 is 23.0 Å². The molecule has 184 valence electrons. The van der Waals surface area contributed by atoms with Gasteiger partial charge in [-0.2, -0.15) is 11.8 Å². The number of fused-ring (bicyclic) bond motifs is 1. The van der Waals surface area contributed by atoms with Crippen LogP contribution in [0.5, 0.6) is 17.5 Å². The number of hydrogen-bond acceptors (Lipinski definition) is 7. The van der Waals surface area contributed by atoms with Crippen LogP contribution in [-0.2, 0) is 17.3 Å². The summed E-state index contributed by atoms with van der Waals surface area (Å²) in [6, 6.07) is 1.39. The van der Waals surface area contributed by atoms with Crippen LogP contribution in [0.15, 0.2) is 18.5 Å². The molecule has 1 aliphatic heterocycles. The molecule has 4 heterocycles. The third-order valence-electron chi connectivity index (χ3n) is 5.58. The maximum absolute atomic E-state index is 12.6. The number of thioether (sulfide) groups is 1. The van der Waals surface area contributed by atoms with E-state index in [0.29, 0.717) is 5.88 Å². The minimum Gasteiger partial charge on any atom is -0.482 e. The number of nitrogens with two attached hydrogens (primary N) is 1. The van der Waals surface area contributed by atoms with E-state index < -0.39 is 13.0 Å². The predicted octanol–water partition coefficient (Wildman–Crippen LogP) is 4.65. The number of imidazole rings is 1. The highest BCUT2D eigenvalue weighted by atomic mass is 35.5. The number of pyridine rings is 2. The normalized spacial score (nSPS) is 15.0. The highest BCUT2D eigenvalue weighted by molar-refractivity contribution is 7.99. The predicted molar refractivity (Wildman–Crippen MR) is 128 cm³/mol. The zero-order valence-electron chi connectivity index (χ0n) is 19.1. The number of aryl methyl sites for hydroxylation is 2. The van der Waals surface area contributed by atoms with Crippen LogP contribution in [0.2, 0.25) is 5.02 Å². The molecule has 1 aliphatic rings. The summed E-state index contributed by atoms with van der Waals surface area (Å²) in [5.74, 6) is 3.65. The van der Waals surface area contributed by atoms with E-state index in [1.807, 2.05) is 25.7 Å². The number of amides is 1. The minimum absolute atomic E-state index is 0.0144. The minimum atomic E-state index is -2.63. The second-order valence-corrected chi connectivity index (χ2v) is 9.65. The summed E-state index contributed by atoms with van der Waals surface area (Å²) in [7, 11) is 2.01.